The molecule has 1 heterocycles. The maximum atomic E-state index is 12.0. The Bertz CT molecular complexity index is 655. The topological polar surface area (TPSA) is 54.0 Å². The lowest BCUT2D eigenvalue weighted by atomic mass is 9.87. The Morgan fingerprint density at radius 2 is 1.79 bits per heavy atom. The van der Waals surface area contributed by atoms with Gasteiger partial charge in [-0.3, -0.25) is 4.79 Å². The fourth-order valence-corrected chi connectivity index (χ4v) is 4.46. The van der Waals surface area contributed by atoms with Gasteiger partial charge in [0.05, 0.1) is 25.7 Å². The number of carbonyl (C=O) groups is 1. The summed E-state index contributed by atoms with van der Waals surface area (Å²) in [5, 5.41) is 0.162. The van der Waals surface area contributed by atoms with E-state index < -0.39 is 14.6 Å². The van der Waals surface area contributed by atoms with Crippen LogP contribution in [-0.4, -0.2) is 40.2 Å². The van der Waals surface area contributed by atoms with Crippen LogP contribution in [0.1, 0.15) is 52.9 Å². The predicted molar refractivity (Wildman–Crippen MR) is 117 cm³/mol. The molecule has 1 aliphatic heterocycles. The fraction of sp³-hybridized carbons (Fsp3) is 0.696. The zero-order valence-corrected chi connectivity index (χ0v) is 20.2. The van der Waals surface area contributed by atoms with Gasteiger partial charge in [0.15, 0.2) is 14.6 Å². The lowest BCUT2D eigenvalue weighted by molar-refractivity contribution is -0.282. The average Bonchev–Trinajstić information content (AvgIpc) is 2.67. The number of ether oxygens (including phenoxy) is 3. The molecule has 1 aromatic rings. The smallest absolute Gasteiger partial charge is 0.308 e. The van der Waals surface area contributed by atoms with E-state index in [-0.39, 0.29) is 41.5 Å². The monoisotopic (exact) mass is 422 g/mol. The lowest BCUT2D eigenvalue weighted by Gasteiger charge is -2.44. The molecule has 1 saturated heterocycles. The first-order valence-electron chi connectivity index (χ1n) is 10.5. The van der Waals surface area contributed by atoms with Crippen LogP contribution in [0.15, 0.2) is 30.3 Å². The molecule has 29 heavy (non-hydrogen) atoms. The third kappa shape index (κ3) is 6.14. The summed E-state index contributed by atoms with van der Waals surface area (Å²) in [6.45, 7) is 16.2. The first-order valence-corrected chi connectivity index (χ1v) is 13.4. The van der Waals surface area contributed by atoms with Crippen molar-refractivity contribution >= 4 is 14.3 Å². The highest BCUT2D eigenvalue weighted by Gasteiger charge is 2.43. The average molecular weight is 423 g/mol. The second-order valence-electron chi connectivity index (χ2n) is 9.71. The largest absolute Gasteiger partial charge is 0.469 e. The van der Waals surface area contributed by atoms with Crippen LogP contribution in [0.3, 0.4) is 0 Å². The molecule has 6 heteroatoms. The number of carbonyl (C=O) groups excluding carboxylic acids is 1. The van der Waals surface area contributed by atoms with Crippen LogP contribution in [0.25, 0.3) is 0 Å². The van der Waals surface area contributed by atoms with Crippen LogP contribution in [0, 0.1) is 11.8 Å². The van der Waals surface area contributed by atoms with E-state index in [2.05, 4.69) is 47.7 Å². The Balaban J connectivity index is 2.17. The molecule has 0 aromatic heterocycles. The molecule has 0 N–H and O–H groups in total. The van der Waals surface area contributed by atoms with Crippen LogP contribution in [-0.2, 0) is 23.4 Å². The molecule has 5 nitrogen and oxygen atoms in total. The van der Waals surface area contributed by atoms with E-state index in [1.807, 2.05) is 30.3 Å². The maximum Gasteiger partial charge on any atom is 0.308 e. The highest BCUT2D eigenvalue weighted by Crippen LogP contribution is 2.40. The van der Waals surface area contributed by atoms with Gasteiger partial charge in [-0.1, -0.05) is 65.0 Å². The first-order chi connectivity index (χ1) is 13.5. The highest BCUT2D eigenvalue weighted by molar-refractivity contribution is 6.74. The third-order valence-electron chi connectivity index (χ3n) is 6.43. The van der Waals surface area contributed by atoms with E-state index in [0.29, 0.717) is 6.61 Å². The van der Waals surface area contributed by atoms with Gasteiger partial charge in [0.2, 0.25) is 0 Å². The molecule has 0 bridgehead atoms. The standard InChI is InChI=1S/C23H38O5Si/c1-16(15-26-29(7,8)23(3,4)5)21-17(2)19(14-20(24)25-6)27-22(28-21)18-12-10-9-11-13-18/h9-13,16-17,19,21-22H,14-15H2,1-8H3/t16-,17-,19-,21+,22-/m1/s1. The molecule has 0 unspecified atom stereocenters. The van der Waals surface area contributed by atoms with Crippen molar-refractivity contribution in [1.82, 2.24) is 0 Å². The van der Waals surface area contributed by atoms with E-state index in [0.717, 1.165) is 5.56 Å². The zero-order chi connectivity index (χ0) is 21.8. The van der Waals surface area contributed by atoms with Crippen LogP contribution in [0.4, 0.5) is 0 Å². The van der Waals surface area contributed by atoms with Crippen molar-refractivity contribution in [3.63, 3.8) is 0 Å². The number of benzene rings is 1. The Morgan fingerprint density at radius 1 is 1.17 bits per heavy atom. The quantitative estimate of drug-likeness (QED) is 0.439. The Kier molecular flexibility index (Phi) is 8.07. The SMILES string of the molecule is COC(=O)C[C@H]1O[C@@H](c2ccccc2)O[C@@H]([C@H](C)CO[Si](C)(C)C(C)(C)C)[C@@H]1C. The minimum Gasteiger partial charge on any atom is -0.469 e. The van der Waals surface area contributed by atoms with Crippen molar-refractivity contribution in [2.75, 3.05) is 13.7 Å². The second kappa shape index (κ2) is 9.73. The molecule has 0 saturated carbocycles. The number of hydrogen-bond acceptors (Lipinski definition) is 5. The van der Waals surface area contributed by atoms with E-state index in [4.69, 9.17) is 18.6 Å². The van der Waals surface area contributed by atoms with E-state index in [1.165, 1.54) is 7.11 Å². The van der Waals surface area contributed by atoms with Gasteiger partial charge in [0, 0.05) is 24.0 Å². The molecule has 0 spiro atoms. The van der Waals surface area contributed by atoms with Gasteiger partial charge in [-0.2, -0.15) is 0 Å². The Labute approximate surface area is 177 Å². The maximum absolute atomic E-state index is 12.0. The Hall–Kier alpha value is -1.21. The molecular weight excluding hydrogens is 384 g/mol. The van der Waals surface area contributed by atoms with Crippen molar-refractivity contribution < 1.29 is 23.4 Å². The van der Waals surface area contributed by atoms with E-state index >= 15 is 0 Å². The summed E-state index contributed by atoms with van der Waals surface area (Å²) in [6, 6.07) is 9.88. The molecule has 164 valence electrons. The molecule has 1 aliphatic rings. The van der Waals surface area contributed by atoms with Gasteiger partial charge in [0.1, 0.15) is 0 Å². The van der Waals surface area contributed by atoms with Gasteiger partial charge in [0.25, 0.3) is 0 Å². The lowest BCUT2D eigenvalue weighted by Crippen LogP contribution is -2.48. The molecule has 0 amide bonds. The van der Waals surface area contributed by atoms with Crippen molar-refractivity contribution in [1.29, 1.82) is 0 Å². The normalized spacial score (nSPS) is 26.8. The summed E-state index contributed by atoms with van der Waals surface area (Å²) < 4.78 is 23.9. The van der Waals surface area contributed by atoms with Gasteiger partial charge in [-0.15, -0.1) is 0 Å². The number of rotatable bonds is 7. The zero-order valence-electron chi connectivity index (χ0n) is 19.2. The van der Waals surface area contributed by atoms with Crippen LogP contribution in [0.2, 0.25) is 18.1 Å². The predicted octanol–water partition coefficient (Wildman–Crippen LogP) is 5.33. The fourth-order valence-electron chi connectivity index (χ4n) is 3.35. The molecule has 0 radical (unpaired) electrons. The Morgan fingerprint density at radius 3 is 2.34 bits per heavy atom. The van der Waals surface area contributed by atoms with Crippen molar-refractivity contribution in [2.45, 2.75) is 77.7 Å². The van der Waals surface area contributed by atoms with Crippen LogP contribution < -0.4 is 0 Å². The first kappa shape index (κ1) is 24.1. The molecule has 1 aromatic carbocycles. The van der Waals surface area contributed by atoms with Gasteiger partial charge in [-0.25, -0.2) is 0 Å². The summed E-state index contributed by atoms with van der Waals surface area (Å²) >= 11 is 0. The number of esters is 1. The van der Waals surface area contributed by atoms with Gasteiger partial charge >= 0.3 is 5.97 Å². The summed E-state index contributed by atoms with van der Waals surface area (Å²) in [5.74, 6) is -0.0408. The molecule has 0 aliphatic carbocycles. The number of methoxy groups -OCH3 is 1. The molecule has 2 rings (SSSR count). The van der Waals surface area contributed by atoms with Crippen molar-refractivity contribution in [3.8, 4) is 0 Å². The molecule has 5 atom stereocenters. The highest BCUT2D eigenvalue weighted by atomic mass is 28.4. The van der Waals surface area contributed by atoms with Crippen LogP contribution in [0.5, 0.6) is 0 Å². The molecule has 1 fully saturated rings. The van der Waals surface area contributed by atoms with Crippen molar-refractivity contribution in [2.24, 2.45) is 11.8 Å². The van der Waals surface area contributed by atoms with Crippen LogP contribution >= 0.6 is 0 Å². The number of hydrogen-bond donors (Lipinski definition) is 0. The van der Waals surface area contributed by atoms with Crippen molar-refractivity contribution in [3.05, 3.63) is 35.9 Å². The van der Waals surface area contributed by atoms with E-state index in [1.54, 1.807) is 0 Å². The summed E-state index contributed by atoms with van der Waals surface area (Å²) in [6.07, 6.45) is -0.617. The molecular formula is C23H38O5Si. The summed E-state index contributed by atoms with van der Waals surface area (Å²) in [4.78, 5) is 12.0. The minimum atomic E-state index is -1.84. The van der Waals surface area contributed by atoms with E-state index in [9.17, 15) is 4.79 Å². The third-order valence-corrected chi connectivity index (χ3v) is 10.9. The van der Waals surface area contributed by atoms with Gasteiger partial charge < -0.3 is 18.6 Å². The summed E-state index contributed by atoms with van der Waals surface area (Å²) in [5.41, 5.74) is 0.955. The minimum absolute atomic E-state index is 0.0482. The summed E-state index contributed by atoms with van der Waals surface area (Å²) in [7, 11) is -0.433. The second-order valence-corrected chi connectivity index (χ2v) is 14.5. The van der Waals surface area contributed by atoms with Gasteiger partial charge in [-0.05, 0) is 18.1 Å².